The Morgan fingerprint density at radius 3 is 2.62 bits per heavy atom. The maximum absolute atomic E-state index is 12.4. The largest absolute Gasteiger partial charge is 0.508 e. The Hall–Kier alpha value is -3.17. The number of nitrogens with one attached hydrogen (secondary N) is 1. The molecule has 0 saturated carbocycles. The molecule has 2 heterocycles. The number of benzene rings is 1. The van der Waals surface area contributed by atoms with Crippen molar-refractivity contribution in [3.05, 3.63) is 48.2 Å². The molecule has 29 heavy (non-hydrogen) atoms. The number of hydrogen-bond donors (Lipinski definition) is 2. The molecule has 2 amide bonds. The molecular weight excluding hydrogens is 389 g/mol. The molecule has 0 aliphatic carbocycles. The lowest BCUT2D eigenvalue weighted by Gasteiger charge is -2.36. The van der Waals surface area contributed by atoms with Gasteiger partial charge in [-0.1, -0.05) is 6.07 Å². The van der Waals surface area contributed by atoms with Gasteiger partial charge in [0.15, 0.2) is 6.61 Å². The molecule has 156 valence electrons. The normalized spacial score (nSPS) is 14.6. The molecule has 1 aliphatic rings. The molecule has 1 fully saturated rings. The van der Waals surface area contributed by atoms with Crippen LogP contribution in [-0.2, 0) is 6.54 Å². The van der Waals surface area contributed by atoms with Crippen LogP contribution in [0.1, 0.15) is 5.56 Å². The van der Waals surface area contributed by atoms with Crippen LogP contribution in [-0.4, -0.2) is 60.0 Å². The number of carbonyl (C=O) groups excluding carboxylic acids is 1. The Morgan fingerprint density at radius 1 is 1.17 bits per heavy atom. The van der Waals surface area contributed by atoms with E-state index in [4.69, 9.17) is 0 Å². The zero-order valence-electron chi connectivity index (χ0n) is 15.5. The summed E-state index contributed by atoms with van der Waals surface area (Å²) in [6.45, 7) is 1.01. The van der Waals surface area contributed by atoms with Crippen LogP contribution in [0.25, 0.3) is 0 Å². The van der Waals surface area contributed by atoms with Gasteiger partial charge in [-0.3, -0.25) is 0 Å². The first-order chi connectivity index (χ1) is 13.8. The van der Waals surface area contributed by atoms with E-state index < -0.39 is 12.8 Å². The van der Waals surface area contributed by atoms with Crippen LogP contribution < -0.4 is 15.0 Å². The number of rotatable bonds is 5. The molecular formula is C19H21F3N4O3. The second-order valence-electron chi connectivity index (χ2n) is 6.56. The topological polar surface area (TPSA) is 77.9 Å². The number of aromatic hydroxyl groups is 1. The van der Waals surface area contributed by atoms with Crippen LogP contribution in [0.2, 0.25) is 0 Å². The summed E-state index contributed by atoms with van der Waals surface area (Å²) < 4.78 is 41.3. The van der Waals surface area contributed by atoms with Crippen molar-refractivity contribution in [3.63, 3.8) is 0 Å². The first-order valence-electron chi connectivity index (χ1n) is 9.01. The number of phenolic OH excluding ortho intramolecular Hbond substituents is 1. The summed E-state index contributed by atoms with van der Waals surface area (Å²) in [6.07, 6.45) is -3.10. The molecule has 0 atom stereocenters. The smallest absolute Gasteiger partial charge is 0.422 e. The number of aromatic nitrogens is 1. The van der Waals surface area contributed by atoms with Crippen molar-refractivity contribution in [2.75, 3.05) is 37.7 Å². The van der Waals surface area contributed by atoms with Gasteiger partial charge in [0.05, 0.1) is 0 Å². The van der Waals surface area contributed by atoms with Crippen LogP contribution >= 0.6 is 0 Å². The van der Waals surface area contributed by atoms with E-state index in [0.29, 0.717) is 31.7 Å². The number of anilines is 1. The summed E-state index contributed by atoms with van der Waals surface area (Å²) in [5.41, 5.74) is 1.48. The van der Waals surface area contributed by atoms with Gasteiger partial charge in [0.1, 0.15) is 5.75 Å². The van der Waals surface area contributed by atoms with E-state index in [1.54, 1.807) is 29.2 Å². The quantitative estimate of drug-likeness (QED) is 0.793. The third-order valence-corrected chi connectivity index (χ3v) is 4.39. The Morgan fingerprint density at radius 2 is 1.93 bits per heavy atom. The van der Waals surface area contributed by atoms with Crippen molar-refractivity contribution < 1.29 is 27.8 Å². The average molecular weight is 410 g/mol. The maximum atomic E-state index is 12.4. The fraction of sp³-hybridized carbons (Fsp3) is 0.368. The Kier molecular flexibility index (Phi) is 6.30. The monoisotopic (exact) mass is 410 g/mol. The molecule has 2 aromatic rings. The Bertz CT molecular complexity index is 839. The van der Waals surface area contributed by atoms with Gasteiger partial charge >= 0.3 is 12.2 Å². The Labute approximate surface area is 165 Å². The lowest BCUT2D eigenvalue weighted by molar-refractivity contribution is -0.154. The highest BCUT2D eigenvalue weighted by molar-refractivity contribution is 5.74. The van der Waals surface area contributed by atoms with Gasteiger partial charge in [0.2, 0.25) is 5.88 Å². The van der Waals surface area contributed by atoms with Crippen LogP contribution in [0, 0.1) is 0 Å². The molecule has 0 radical (unpaired) electrons. The minimum atomic E-state index is -4.44. The van der Waals surface area contributed by atoms with Gasteiger partial charge in [-0.25, -0.2) is 9.78 Å². The number of ether oxygens (including phenoxy) is 1. The van der Waals surface area contributed by atoms with Gasteiger partial charge in [-0.15, -0.1) is 0 Å². The van der Waals surface area contributed by atoms with Crippen molar-refractivity contribution in [1.29, 1.82) is 0 Å². The lowest BCUT2D eigenvalue weighted by Crippen LogP contribution is -2.51. The number of phenols is 1. The zero-order valence-corrected chi connectivity index (χ0v) is 15.5. The summed E-state index contributed by atoms with van der Waals surface area (Å²) in [7, 11) is 0. The summed E-state index contributed by atoms with van der Waals surface area (Å²) in [6, 6.07) is 9.66. The zero-order chi connectivity index (χ0) is 20.9. The van der Waals surface area contributed by atoms with Crippen molar-refractivity contribution in [2.45, 2.75) is 12.7 Å². The fourth-order valence-corrected chi connectivity index (χ4v) is 2.94. The highest BCUT2D eigenvalue weighted by atomic mass is 19.4. The van der Waals surface area contributed by atoms with Crippen molar-refractivity contribution in [3.8, 4) is 11.6 Å². The van der Waals surface area contributed by atoms with Crippen LogP contribution in [0.3, 0.4) is 0 Å². The van der Waals surface area contributed by atoms with E-state index in [9.17, 15) is 23.1 Å². The number of carbonyl (C=O) groups is 1. The summed E-state index contributed by atoms with van der Waals surface area (Å²) in [5, 5.41) is 12.3. The SMILES string of the molecule is O=C(NCc1ccnc(OCC(F)(F)F)c1)N1CCN(c2cccc(O)c2)CC1. The molecule has 7 nitrogen and oxygen atoms in total. The number of amides is 2. The van der Waals surface area contributed by atoms with E-state index in [-0.39, 0.29) is 24.2 Å². The molecule has 3 rings (SSSR count). The summed E-state index contributed by atoms with van der Waals surface area (Å²) >= 11 is 0. The third-order valence-electron chi connectivity index (χ3n) is 4.39. The second-order valence-corrected chi connectivity index (χ2v) is 6.56. The minimum absolute atomic E-state index is 0.145. The second kappa shape index (κ2) is 8.89. The third kappa shape index (κ3) is 6.16. The van der Waals surface area contributed by atoms with Crippen LogP contribution in [0.4, 0.5) is 23.7 Å². The van der Waals surface area contributed by atoms with Gasteiger partial charge in [0.25, 0.3) is 0 Å². The van der Waals surface area contributed by atoms with E-state index in [0.717, 1.165) is 5.69 Å². The number of nitrogens with zero attached hydrogens (tertiary/aromatic N) is 3. The molecule has 0 spiro atoms. The van der Waals surface area contributed by atoms with Gasteiger partial charge in [-0.2, -0.15) is 13.2 Å². The molecule has 10 heteroatoms. The van der Waals surface area contributed by atoms with Gasteiger partial charge in [-0.05, 0) is 23.8 Å². The van der Waals surface area contributed by atoms with Crippen molar-refractivity contribution in [2.24, 2.45) is 0 Å². The number of halogens is 3. The number of hydrogen-bond acceptors (Lipinski definition) is 5. The van der Waals surface area contributed by atoms with E-state index in [1.807, 2.05) is 6.07 Å². The van der Waals surface area contributed by atoms with Gasteiger partial charge in [0, 0.05) is 56.7 Å². The summed E-state index contributed by atoms with van der Waals surface area (Å²) in [5.74, 6) is 0.0485. The first kappa shape index (κ1) is 20.6. The molecule has 1 aliphatic heterocycles. The van der Waals surface area contributed by atoms with E-state index >= 15 is 0 Å². The minimum Gasteiger partial charge on any atom is -0.508 e. The van der Waals surface area contributed by atoms with Crippen LogP contribution in [0.5, 0.6) is 11.6 Å². The van der Waals surface area contributed by atoms with Crippen LogP contribution in [0.15, 0.2) is 42.6 Å². The number of alkyl halides is 3. The van der Waals surface area contributed by atoms with E-state index in [2.05, 4.69) is 19.9 Å². The number of urea groups is 1. The number of piperazine rings is 1. The molecule has 1 aromatic carbocycles. The molecule has 0 bridgehead atoms. The first-order valence-corrected chi connectivity index (χ1v) is 9.01. The highest BCUT2D eigenvalue weighted by Crippen LogP contribution is 2.21. The molecule has 0 unspecified atom stereocenters. The van der Waals surface area contributed by atoms with E-state index in [1.165, 1.54) is 12.3 Å². The molecule has 1 aromatic heterocycles. The van der Waals surface area contributed by atoms with Crippen molar-refractivity contribution in [1.82, 2.24) is 15.2 Å². The maximum Gasteiger partial charge on any atom is 0.422 e. The fourth-order valence-electron chi connectivity index (χ4n) is 2.94. The Balaban J connectivity index is 1.47. The predicted octanol–water partition coefficient (Wildman–Crippen LogP) is 2.76. The lowest BCUT2D eigenvalue weighted by atomic mass is 10.2. The highest BCUT2D eigenvalue weighted by Gasteiger charge is 2.28. The van der Waals surface area contributed by atoms with Crippen molar-refractivity contribution >= 4 is 11.7 Å². The summed E-state index contributed by atoms with van der Waals surface area (Å²) in [4.78, 5) is 19.9. The number of pyridine rings is 1. The molecule has 2 N–H and O–H groups in total. The predicted molar refractivity (Wildman–Crippen MR) is 99.9 cm³/mol. The standard InChI is InChI=1S/C19H21F3N4O3/c20-19(21,22)13-29-17-10-14(4-5-23-17)12-24-18(28)26-8-6-25(7-9-26)15-2-1-3-16(27)11-15/h1-5,10-11,27H,6-9,12-13H2,(H,24,28). The molecule has 1 saturated heterocycles. The van der Waals surface area contributed by atoms with Gasteiger partial charge < -0.3 is 25.0 Å². The average Bonchev–Trinajstić information content (AvgIpc) is 2.70.